The molecule has 2 aromatic rings. The van der Waals surface area contributed by atoms with Crippen molar-refractivity contribution in [3.05, 3.63) is 45.9 Å². The monoisotopic (exact) mass is 237 g/mol. The number of nitrogen functional groups attached to an aromatic ring is 1. The van der Waals surface area contributed by atoms with Crippen LogP contribution in [0, 0.1) is 15.9 Å². The summed E-state index contributed by atoms with van der Waals surface area (Å²) in [5.41, 5.74) is 5.48. The number of nitro benzene ring substituents is 1. The minimum atomic E-state index is -0.665. The Kier molecular flexibility index (Phi) is 2.69. The predicted octanol–water partition coefficient (Wildman–Crippen LogP) is 0.956. The van der Waals surface area contributed by atoms with Gasteiger partial charge in [0.05, 0.1) is 23.7 Å². The highest BCUT2D eigenvalue weighted by molar-refractivity contribution is 5.35. The van der Waals surface area contributed by atoms with Gasteiger partial charge >= 0.3 is 0 Å². The van der Waals surface area contributed by atoms with Crippen LogP contribution in [0.4, 0.5) is 15.9 Å². The molecule has 0 aliphatic rings. The van der Waals surface area contributed by atoms with Crippen LogP contribution in [0.2, 0.25) is 0 Å². The third kappa shape index (κ3) is 2.54. The minimum Gasteiger partial charge on any atom is -0.381 e. The number of nitrogens with two attached hydrogens (primary N) is 1. The normalized spacial score (nSPS) is 10.4. The van der Waals surface area contributed by atoms with Crippen molar-refractivity contribution in [2.75, 3.05) is 5.73 Å². The molecule has 0 saturated heterocycles. The van der Waals surface area contributed by atoms with Crippen LogP contribution < -0.4 is 5.73 Å². The average molecular weight is 237 g/mol. The van der Waals surface area contributed by atoms with E-state index in [1.54, 1.807) is 0 Å². The van der Waals surface area contributed by atoms with E-state index >= 15 is 0 Å². The van der Waals surface area contributed by atoms with Gasteiger partial charge in [0.1, 0.15) is 5.82 Å². The lowest BCUT2D eigenvalue weighted by atomic mass is 10.2. The van der Waals surface area contributed by atoms with Crippen LogP contribution in [0.15, 0.2) is 24.4 Å². The molecule has 2 rings (SSSR count). The van der Waals surface area contributed by atoms with Gasteiger partial charge < -0.3 is 5.73 Å². The van der Waals surface area contributed by atoms with Crippen LogP contribution in [0.3, 0.4) is 0 Å². The van der Waals surface area contributed by atoms with Crippen molar-refractivity contribution in [1.29, 1.82) is 0 Å². The van der Waals surface area contributed by atoms with Crippen LogP contribution in [-0.4, -0.2) is 19.9 Å². The van der Waals surface area contributed by atoms with Gasteiger partial charge in [-0.05, 0) is 11.6 Å². The number of nitrogens with zero attached hydrogens (tertiary/aromatic N) is 4. The number of benzene rings is 1. The zero-order chi connectivity index (χ0) is 12.4. The largest absolute Gasteiger partial charge is 0.381 e. The lowest BCUT2D eigenvalue weighted by molar-refractivity contribution is -0.385. The molecule has 0 spiro atoms. The Morgan fingerprint density at radius 2 is 2.24 bits per heavy atom. The van der Waals surface area contributed by atoms with E-state index in [2.05, 4.69) is 10.3 Å². The van der Waals surface area contributed by atoms with E-state index in [1.165, 1.54) is 23.0 Å². The lowest BCUT2D eigenvalue weighted by Crippen LogP contribution is -2.02. The Bertz CT molecular complexity index is 568. The SMILES string of the molecule is Nc1cn(Cc2cc(F)cc([N+](=O)[O-])c2)nn1. The summed E-state index contributed by atoms with van der Waals surface area (Å²) < 4.78 is 14.5. The number of hydrogen-bond acceptors (Lipinski definition) is 5. The van der Waals surface area contributed by atoms with E-state index in [1.807, 2.05) is 0 Å². The third-order valence-corrected chi connectivity index (χ3v) is 2.05. The average Bonchev–Trinajstić information content (AvgIpc) is 2.63. The fourth-order valence-corrected chi connectivity index (χ4v) is 1.41. The zero-order valence-corrected chi connectivity index (χ0v) is 8.58. The molecule has 88 valence electrons. The molecule has 0 atom stereocenters. The van der Waals surface area contributed by atoms with Crippen molar-refractivity contribution < 1.29 is 9.31 Å². The summed E-state index contributed by atoms with van der Waals surface area (Å²) in [5, 5.41) is 17.8. The summed E-state index contributed by atoms with van der Waals surface area (Å²) in [5.74, 6) is -0.432. The van der Waals surface area contributed by atoms with Gasteiger partial charge in [-0.3, -0.25) is 10.1 Å². The van der Waals surface area contributed by atoms with Gasteiger partial charge in [0.2, 0.25) is 0 Å². The second-order valence-corrected chi connectivity index (χ2v) is 3.42. The number of aromatic nitrogens is 3. The van der Waals surface area contributed by atoms with Gasteiger partial charge in [-0.15, -0.1) is 5.10 Å². The summed E-state index contributed by atoms with van der Waals surface area (Å²) >= 11 is 0. The highest BCUT2D eigenvalue weighted by Crippen LogP contribution is 2.17. The van der Waals surface area contributed by atoms with Gasteiger partial charge in [0.25, 0.3) is 5.69 Å². The standard InChI is InChI=1S/C9H8FN5O2/c10-7-1-6(2-8(3-7)15(16)17)4-14-5-9(11)12-13-14/h1-3,5H,4,11H2. The van der Waals surface area contributed by atoms with Crippen LogP contribution in [-0.2, 0) is 6.54 Å². The molecule has 2 N–H and O–H groups in total. The minimum absolute atomic E-state index is 0.169. The number of rotatable bonds is 3. The van der Waals surface area contributed by atoms with E-state index in [4.69, 9.17) is 5.73 Å². The highest BCUT2D eigenvalue weighted by Gasteiger charge is 2.10. The molecule has 1 aromatic carbocycles. The van der Waals surface area contributed by atoms with E-state index < -0.39 is 10.7 Å². The molecule has 0 aliphatic heterocycles. The number of halogens is 1. The first kappa shape index (κ1) is 11.0. The van der Waals surface area contributed by atoms with E-state index in [-0.39, 0.29) is 18.1 Å². The smallest absolute Gasteiger partial charge is 0.272 e. The maximum atomic E-state index is 13.1. The molecule has 0 fully saturated rings. The zero-order valence-electron chi connectivity index (χ0n) is 8.58. The van der Waals surface area contributed by atoms with Crippen molar-refractivity contribution in [2.24, 2.45) is 0 Å². The summed E-state index contributed by atoms with van der Waals surface area (Å²) in [6, 6.07) is 3.34. The molecule has 0 saturated carbocycles. The van der Waals surface area contributed by atoms with Gasteiger partial charge in [-0.2, -0.15) is 0 Å². The molecular weight excluding hydrogens is 229 g/mol. The maximum absolute atomic E-state index is 13.1. The molecule has 17 heavy (non-hydrogen) atoms. The summed E-state index contributed by atoms with van der Waals surface area (Å²) in [4.78, 5) is 9.90. The molecule has 0 aliphatic carbocycles. The molecule has 0 bridgehead atoms. The summed E-state index contributed by atoms with van der Waals surface area (Å²) in [6.07, 6.45) is 1.46. The molecule has 1 heterocycles. The Hall–Kier alpha value is -2.51. The number of hydrogen-bond donors (Lipinski definition) is 1. The van der Waals surface area contributed by atoms with Gasteiger partial charge in [-0.25, -0.2) is 9.07 Å². The van der Waals surface area contributed by atoms with Gasteiger partial charge in [0.15, 0.2) is 5.82 Å². The maximum Gasteiger partial charge on any atom is 0.272 e. The molecule has 0 amide bonds. The summed E-state index contributed by atoms with van der Waals surface area (Å²) in [7, 11) is 0. The first-order chi connectivity index (χ1) is 8.04. The van der Waals surface area contributed by atoms with Gasteiger partial charge in [-0.1, -0.05) is 5.21 Å². The van der Waals surface area contributed by atoms with Crippen LogP contribution >= 0.6 is 0 Å². The molecule has 1 aromatic heterocycles. The quantitative estimate of drug-likeness (QED) is 0.632. The van der Waals surface area contributed by atoms with E-state index in [0.29, 0.717) is 5.56 Å². The predicted molar refractivity (Wildman–Crippen MR) is 56.6 cm³/mol. The first-order valence-corrected chi connectivity index (χ1v) is 4.64. The Morgan fingerprint density at radius 3 is 2.82 bits per heavy atom. The van der Waals surface area contributed by atoms with Gasteiger partial charge in [0, 0.05) is 6.07 Å². The van der Waals surface area contributed by atoms with Crippen molar-refractivity contribution in [3.63, 3.8) is 0 Å². The summed E-state index contributed by atoms with van der Waals surface area (Å²) in [6.45, 7) is 0.169. The third-order valence-electron chi connectivity index (χ3n) is 2.05. The Balaban J connectivity index is 2.29. The van der Waals surface area contributed by atoms with Crippen LogP contribution in [0.5, 0.6) is 0 Å². The fraction of sp³-hybridized carbons (Fsp3) is 0.111. The second-order valence-electron chi connectivity index (χ2n) is 3.42. The molecular formula is C9H8FN5O2. The molecule has 7 nitrogen and oxygen atoms in total. The number of nitro groups is 1. The topological polar surface area (TPSA) is 99.9 Å². The molecule has 0 unspecified atom stereocenters. The highest BCUT2D eigenvalue weighted by atomic mass is 19.1. The van der Waals surface area contributed by atoms with Crippen molar-refractivity contribution in [3.8, 4) is 0 Å². The first-order valence-electron chi connectivity index (χ1n) is 4.64. The van der Waals surface area contributed by atoms with Crippen molar-refractivity contribution >= 4 is 11.5 Å². The number of non-ortho nitro benzene ring substituents is 1. The van der Waals surface area contributed by atoms with E-state index in [9.17, 15) is 14.5 Å². The Morgan fingerprint density at radius 1 is 1.47 bits per heavy atom. The van der Waals surface area contributed by atoms with Crippen molar-refractivity contribution in [1.82, 2.24) is 15.0 Å². The van der Waals surface area contributed by atoms with Crippen LogP contribution in [0.25, 0.3) is 0 Å². The fourth-order valence-electron chi connectivity index (χ4n) is 1.41. The molecule has 0 radical (unpaired) electrons. The second kappa shape index (κ2) is 4.16. The van der Waals surface area contributed by atoms with E-state index in [0.717, 1.165) is 6.07 Å². The Labute approximate surface area is 94.8 Å². The van der Waals surface area contributed by atoms with Crippen LogP contribution in [0.1, 0.15) is 5.56 Å². The number of anilines is 1. The molecule has 8 heteroatoms. The lowest BCUT2D eigenvalue weighted by Gasteiger charge is -2.01. The van der Waals surface area contributed by atoms with Crippen molar-refractivity contribution in [2.45, 2.75) is 6.54 Å².